The number of methoxy groups -OCH3 is 1. The molecule has 0 bridgehead atoms. The number of hydrogen-bond donors (Lipinski definition) is 2. The average molecular weight is 235 g/mol. The zero-order valence-electron chi connectivity index (χ0n) is 10.5. The highest BCUT2D eigenvalue weighted by Gasteiger charge is 2.26. The Kier molecular flexibility index (Phi) is 4.02. The fourth-order valence-electron chi connectivity index (χ4n) is 2.44. The molecule has 3 heteroatoms. The lowest BCUT2D eigenvalue weighted by Gasteiger charge is -2.22. The molecule has 94 valence electrons. The van der Waals surface area contributed by atoms with Gasteiger partial charge in [-0.15, -0.1) is 0 Å². The van der Waals surface area contributed by atoms with Gasteiger partial charge in [0.05, 0.1) is 13.2 Å². The Bertz CT molecular complexity index is 350. The van der Waals surface area contributed by atoms with E-state index in [1.165, 1.54) is 5.56 Å². The molecule has 1 aliphatic carbocycles. The Morgan fingerprint density at radius 2 is 2.00 bits per heavy atom. The van der Waals surface area contributed by atoms with Crippen molar-refractivity contribution in [2.75, 3.05) is 7.11 Å². The van der Waals surface area contributed by atoms with Crippen LogP contribution in [0.5, 0.6) is 5.75 Å². The van der Waals surface area contributed by atoms with Crippen LogP contribution in [0, 0.1) is 0 Å². The van der Waals surface area contributed by atoms with E-state index in [9.17, 15) is 5.11 Å². The van der Waals surface area contributed by atoms with Crippen molar-refractivity contribution in [3.63, 3.8) is 0 Å². The molecular weight excluding hydrogens is 214 g/mol. The van der Waals surface area contributed by atoms with Gasteiger partial charge in [0.15, 0.2) is 0 Å². The SMILES string of the molecule is COc1ccc([C@H](C)N[C@H]2CCC[C@@H]2O)cc1. The first-order valence-electron chi connectivity index (χ1n) is 6.29. The Balaban J connectivity index is 1.96. The van der Waals surface area contributed by atoms with Gasteiger partial charge in [0.2, 0.25) is 0 Å². The minimum Gasteiger partial charge on any atom is -0.497 e. The van der Waals surface area contributed by atoms with Gasteiger partial charge in [-0.25, -0.2) is 0 Å². The molecule has 2 rings (SSSR count). The monoisotopic (exact) mass is 235 g/mol. The summed E-state index contributed by atoms with van der Waals surface area (Å²) in [5, 5.41) is 13.3. The van der Waals surface area contributed by atoms with Gasteiger partial charge in [0.25, 0.3) is 0 Å². The standard InChI is InChI=1S/C14H21NO2/c1-10(15-13-4-3-5-14(13)16)11-6-8-12(17-2)9-7-11/h6-10,13-16H,3-5H2,1-2H3/t10-,13-,14-/m0/s1. The molecule has 0 amide bonds. The molecule has 2 N–H and O–H groups in total. The minimum absolute atomic E-state index is 0.185. The molecule has 3 nitrogen and oxygen atoms in total. The maximum Gasteiger partial charge on any atom is 0.118 e. The molecule has 0 heterocycles. The fourth-order valence-corrected chi connectivity index (χ4v) is 2.44. The topological polar surface area (TPSA) is 41.5 Å². The van der Waals surface area contributed by atoms with E-state index < -0.39 is 0 Å². The molecule has 1 aromatic rings. The average Bonchev–Trinajstić information content (AvgIpc) is 2.75. The molecule has 0 unspecified atom stereocenters. The third-order valence-corrected chi connectivity index (χ3v) is 3.56. The quantitative estimate of drug-likeness (QED) is 0.841. The summed E-state index contributed by atoms with van der Waals surface area (Å²) in [4.78, 5) is 0. The van der Waals surface area contributed by atoms with Crippen LogP contribution >= 0.6 is 0 Å². The van der Waals surface area contributed by atoms with E-state index in [1.54, 1.807) is 7.11 Å². The summed E-state index contributed by atoms with van der Waals surface area (Å²) in [5.74, 6) is 0.877. The van der Waals surface area contributed by atoms with Crippen LogP contribution in [0.25, 0.3) is 0 Å². The van der Waals surface area contributed by atoms with Gasteiger partial charge >= 0.3 is 0 Å². The molecule has 1 aromatic carbocycles. The van der Waals surface area contributed by atoms with Crippen molar-refractivity contribution in [2.45, 2.75) is 44.4 Å². The van der Waals surface area contributed by atoms with E-state index in [0.717, 1.165) is 25.0 Å². The zero-order chi connectivity index (χ0) is 12.3. The number of hydrogen-bond acceptors (Lipinski definition) is 3. The van der Waals surface area contributed by atoms with Crippen LogP contribution in [0.2, 0.25) is 0 Å². The van der Waals surface area contributed by atoms with E-state index in [2.05, 4.69) is 24.4 Å². The molecule has 1 fully saturated rings. The van der Waals surface area contributed by atoms with E-state index in [4.69, 9.17) is 4.74 Å². The number of ether oxygens (including phenoxy) is 1. The summed E-state index contributed by atoms with van der Waals surface area (Å²) in [7, 11) is 1.67. The van der Waals surface area contributed by atoms with Crippen LogP contribution < -0.4 is 10.1 Å². The van der Waals surface area contributed by atoms with Gasteiger partial charge in [-0.3, -0.25) is 0 Å². The first kappa shape index (κ1) is 12.4. The lowest BCUT2D eigenvalue weighted by molar-refractivity contribution is 0.144. The lowest BCUT2D eigenvalue weighted by Crippen LogP contribution is -2.37. The summed E-state index contributed by atoms with van der Waals surface area (Å²) < 4.78 is 5.14. The molecule has 0 spiro atoms. The number of aliphatic hydroxyl groups is 1. The molecule has 1 saturated carbocycles. The third-order valence-electron chi connectivity index (χ3n) is 3.56. The maximum atomic E-state index is 9.78. The van der Waals surface area contributed by atoms with Gasteiger partial charge < -0.3 is 15.2 Å². The van der Waals surface area contributed by atoms with Gasteiger partial charge in [0, 0.05) is 12.1 Å². The summed E-state index contributed by atoms with van der Waals surface area (Å²) in [6, 6.07) is 8.58. The second kappa shape index (κ2) is 5.52. The molecule has 3 atom stereocenters. The Hall–Kier alpha value is -1.06. The largest absolute Gasteiger partial charge is 0.497 e. The van der Waals surface area contributed by atoms with E-state index in [1.807, 2.05) is 12.1 Å². The second-order valence-electron chi connectivity index (χ2n) is 4.77. The highest BCUT2D eigenvalue weighted by atomic mass is 16.5. The molecular formula is C14H21NO2. The molecule has 1 aliphatic rings. The van der Waals surface area contributed by atoms with E-state index in [-0.39, 0.29) is 18.2 Å². The molecule has 0 aliphatic heterocycles. The number of nitrogens with one attached hydrogen (secondary N) is 1. The smallest absolute Gasteiger partial charge is 0.118 e. The number of benzene rings is 1. The fraction of sp³-hybridized carbons (Fsp3) is 0.571. The predicted molar refractivity (Wildman–Crippen MR) is 68.2 cm³/mol. The molecule has 0 radical (unpaired) electrons. The second-order valence-corrected chi connectivity index (χ2v) is 4.77. The number of aliphatic hydroxyl groups excluding tert-OH is 1. The first-order chi connectivity index (χ1) is 8.20. The van der Waals surface area contributed by atoms with Crippen molar-refractivity contribution in [2.24, 2.45) is 0 Å². The Morgan fingerprint density at radius 1 is 1.29 bits per heavy atom. The van der Waals surface area contributed by atoms with E-state index in [0.29, 0.717) is 0 Å². The van der Waals surface area contributed by atoms with Crippen LogP contribution in [0.3, 0.4) is 0 Å². The van der Waals surface area contributed by atoms with E-state index >= 15 is 0 Å². The van der Waals surface area contributed by atoms with Crippen molar-refractivity contribution >= 4 is 0 Å². The maximum absolute atomic E-state index is 9.78. The van der Waals surface area contributed by atoms with Gasteiger partial charge in [-0.05, 0) is 43.9 Å². The lowest BCUT2D eigenvalue weighted by atomic mass is 10.1. The normalized spacial score (nSPS) is 25.8. The first-order valence-corrected chi connectivity index (χ1v) is 6.29. The van der Waals surface area contributed by atoms with Crippen LogP contribution in [0.1, 0.15) is 37.8 Å². The highest BCUT2D eigenvalue weighted by Crippen LogP contribution is 2.23. The van der Waals surface area contributed by atoms with Gasteiger partial charge in [0.1, 0.15) is 5.75 Å². The summed E-state index contributed by atoms with van der Waals surface area (Å²) in [6.07, 6.45) is 2.93. The van der Waals surface area contributed by atoms with Crippen molar-refractivity contribution in [1.82, 2.24) is 5.32 Å². The van der Waals surface area contributed by atoms with Crippen molar-refractivity contribution in [3.8, 4) is 5.75 Å². The van der Waals surface area contributed by atoms with Gasteiger partial charge in [-0.1, -0.05) is 12.1 Å². The van der Waals surface area contributed by atoms with Crippen molar-refractivity contribution < 1.29 is 9.84 Å². The summed E-state index contributed by atoms with van der Waals surface area (Å²) >= 11 is 0. The molecule has 17 heavy (non-hydrogen) atoms. The summed E-state index contributed by atoms with van der Waals surface area (Å²) in [6.45, 7) is 2.13. The Labute approximate surface area is 103 Å². The zero-order valence-corrected chi connectivity index (χ0v) is 10.5. The van der Waals surface area contributed by atoms with Crippen LogP contribution in [0.15, 0.2) is 24.3 Å². The van der Waals surface area contributed by atoms with Crippen LogP contribution in [-0.4, -0.2) is 24.4 Å². The van der Waals surface area contributed by atoms with Crippen molar-refractivity contribution in [1.29, 1.82) is 0 Å². The van der Waals surface area contributed by atoms with Crippen molar-refractivity contribution in [3.05, 3.63) is 29.8 Å². The third kappa shape index (κ3) is 2.99. The predicted octanol–water partition coefficient (Wildman–Crippen LogP) is 2.26. The number of rotatable bonds is 4. The summed E-state index contributed by atoms with van der Waals surface area (Å²) in [5.41, 5.74) is 1.23. The molecule has 0 aromatic heterocycles. The molecule has 0 saturated heterocycles. The van der Waals surface area contributed by atoms with Crippen LogP contribution in [0.4, 0.5) is 0 Å². The Morgan fingerprint density at radius 3 is 2.53 bits per heavy atom. The highest BCUT2D eigenvalue weighted by molar-refractivity contribution is 5.28. The minimum atomic E-state index is -0.185. The van der Waals surface area contributed by atoms with Gasteiger partial charge in [-0.2, -0.15) is 0 Å². The van der Waals surface area contributed by atoms with Crippen LogP contribution in [-0.2, 0) is 0 Å².